The molecule has 0 unspecified atom stereocenters. The second kappa shape index (κ2) is 6.04. The Morgan fingerprint density at radius 1 is 1.12 bits per heavy atom. The summed E-state index contributed by atoms with van der Waals surface area (Å²) in [7, 11) is 0. The Balaban J connectivity index is 1.90. The zero-order chi connectivity index (χ0) is 18.2. The van der Waals surface area contributed by atoms with Gasteiger partial charge in [0.1, 0.15) is 5.84 Å². The minimum atomic E-state index is -5.08. The molecule has 8 heteroatoms. The Labute approximate surface area is 140 Å². The summed E-state index contributed by atoms with van der Waals surface area (Å²) in [6.45, 7) is 0.256. The third-order valence-electron chi connectivity index (χ3n) is 3.74. The molecule has 1 heterocycles. The molecule has 3 rings (SSSR count). The maximum atomic E-state index is 12.4. The van der Waals surface area contributed by atoms with Crippen LogP contribution in [0.1, 0.15) is 21.5 Å². The van der Waals surface area contributed by atoms with Gasteiger partial charge in [0, 0.05) is 16.8 Å². The predicted molar refractivity (Wildman–Crippen MR) is 85.2 cm³/mol. The number of carbonyl (C=O) groups is 2. The van der Waals surface area contributed by atoms with Crippen LogP contribution in [0.5, 0.6) is 0 Å². The fourth-order valence-electron chi connectivity index (χ4n) is 2.53. The highest BCUT2D eigenvalue weighted by molar-refractivity contribution is 6.11. The van der Waals surface area contributed by atoms with Crippen molar-refractivity contribution in [2.24, 2.45) is 10.7 Å². The van der Waals surface area contributed by atoms with Gasteiger partial charge in [-0.05, 0) is 29.8 Å². The largest absolute Gasteiger partial charge is 0.473 e. The molecule has 2 amide bonds. The Morgan fingerprint density at radius 2 is 1.80 bits per heavy atom. The summed E-state index contributed by atoms with van der Waals surface area (Å²) in [6, 6.07) is 13.3. The minimum absolute atomic E-state index is 0.152. The molecule has 0 bridgehead atoms. The third-order valence-corrected chi connectivity index (χ3v) is 3.74. The molecule has 2 aromatic carbocycles. The lowest BCUT2D eigenvalue weighted by Gasteiger charge is -2.15. The van der Waals surface area contributed by atoms with Gasteiger partial charge in [0.15, 0.2) is 0 Å². The SMILES string of the molecule is NC(=NC(=O)C(F)(F)F)c1ccc2c(c1)CN(c1ccccc1)C2=O. The second-order valence-corrected chi connectivity index (χ2v) is 5.40. The molecule has 128 valence electrons. The topological polar surface area (TPSA) is 75.8 Å². The molecule has 25 heavy (non-hydrogen) atoms. The van der Waals surface area contributed by atoms with E-state index in [1.54, 1.807) is 29.2 Å². The number of hydrogen-bond acceptors (Lipinski definition) is 2. The molecular weight excluding hydrogens is 335 g/mol. The number of aliphatic imine (C=N–C) groups is 1. The van der Waals surface area contributed by atoms with Crippen molar-refractivity contribution < 1.29 is 22.8 Å². The van der Waals surface area contributed by atoms with Crippen molar-refractivity contribution in [3.63, 3.8) is 0 Å². The van der Waals surface area contributed by atoms with Crippen LogP contribution in [0.25, 0.3) is 0 Å². The number of para-hydroxylation sites is 1. The van der Waals surface area contributed by atoms with E-state index in [1.807, 2.05) is 6.07 Å². The van der Waals surface area contributed by atoms with E-state index in [0.29, 0.717) is 16.8 Å². The Kier molecular flexibility index (Phi) is 4.03. The number of rotatable bonds is 2. The molecule has 0 radical (unpaired) electrons. The molecule has 0 atom stereocenters. The number of carbonyl (C=O) groups excluding carboxylic acids is 2. The van der Waals surface area contributed by atoms with Crippen LogP contribution in [-0.4, -0.2) is 23.8 Å². The maximum absolute atomic E-state index is 12.4. The van der Waals surface area contributed by atoms with Gasteiger partial charge in [-0.1, -0.05) is 24.3 Å². The van der Waals surface area contributed by atoms with Gasteiger partial charge >= 0.3 is 12.1 Å². The van der Waals surface area contributed by atoms with Gasteiger partial charge < -0.3 is 10.6 Å². The summed E-state index contributed by atoms with van der Waals surface area (Å²) in [5.41, 5.74) is 7.39. The van der Waals surface area contributed by atoms with Crippen molar-refractivity contribution in [2.45, 2.75) is 12.7 Å². The van der Waals surface area contributed by atoms with Gasteiger partial charge in [-0.25, -0.2) is 0 Å². The van der Waals surface area contributed by atoms with E-state index < -0.39 is 17.9 Å². The van der Waals surface area contributed by atoms with Gasteiger partial charge in [0.2, 0.25) is 0 Å². The highest BCUT2D eigenvalue weighted by atomic mass is 19.4. The summed E-state index contributed by atoms with van der Waals surface area (Å²) in [4.78, 5) is 27.8. The van der Waals surface area contributed by atoms with Crippen LogP contribution in [0.2, 0.25) is 0 Å². The van der Waals surface area contributed by atoms with Crippen LogP contribution in [0.3, 0.4) is 0 Å². The van der Waals surface area contributed by atoms with Crippen molar-refractivity contribution in [1.82, 2.24) is 0 Å². The van der Waals surface area contributed by atoms with E-state index in [2.05, 4.69) is 4.99 Å². The minimum Gasteiger partial charge on any atom is -0.383 e. The molecule has 0 spiro atoms. The summed E-state index contributed by atoms with van der Waals surface area (Å²) in [6.07, 6.45) is -5.08. The summed E-state index contributed by atoms with van der Waals surface area (Å²) < 4.78 is 36.8. The quantitative estimate of drug-likeness (QED) is 0.670. The number of anilines is 1. The molecule has 5 nitrogen and oxygen atoms in total. The van der Waals surface area contributed by atoms with Gasteiger partial charge in [-0.2, -0.15) is 18.2 Å². The van der Waals surface area contributed by atoms with Crippen molar-refractivity contribution in [1.29, 1.82) is 0 Å². The average Bonchev–Trinajstić information content (AvgIpc) is 2.91. The van der Waals surface area contributed by atoms with E-state index >= 15 is 0 Å². The third kappa shape index (κ3) is 3.23. The van der Waals surface area contributed by atoms with Crippen LogP contribution in [-0.2, 0) is 11.3 Å². The first kappa shape index (κ1) is 16.7. The second-order valence-electron chi connectivity index (χ2n) is 5.40. The fourth-order valence-corrected chi connectivity index (χ4v) is 2.53. The van der Waals surface area contributed by atoms with Crippen LogP contribution >= 0.6 is 0 Å². The summed E-state index contributed by atoms with van der Waals surface area (Å²) >= 11 is 0. The Morgan fingerprint density at radius 3 is 2.44 bits per heavy atom. The molecular formula is C17H12F3N3O2. The van der Waals surface area contributed by atoms with E-state index in [1.165, 1.54) is 18.2 Å². The van der Waals surface area contributed by atoms with Gasteiger partial charge in [-0.3, -0.25) is 9.59 Å². The molecule has 0 aromatic heterocycles. The average molecular weight is 347 g/mol. The lowest BCUT2D eigenvalue weighted by molar-refractivity contribution is -0.169. The van der Waals surface area contributed by atoms with E-state index in [-0.39, 0.29) is 18.0 Å². The highest BCUT2D eigenvalue weighted by Gasteiger charge is 2.39. The molecule has 1 aliphatic heterocycles. The van der Waals surface area contributed by atoms with Gasteiger partial charge in [0.05, 0.1) is 6.54 Å². The number of amidine groups is 1. The van der Waals surface area contributed by atoms with E-state index in [4.69, 9.17) is 5.73 Å². The van der Waals surface area contributed by atoms with Crippen LogP contribution < -0.4 is 10.6 Å². The molecule has 0 saturated heterocycles. The number of nitrogens with two attached hydrogens (primary N) is 1. The first-order chi connectivity index (χ1) is 11.8. The Bertz CT molecular complexity index is 876. The zero-order valence-corrected chi connectivity index (χ0v) is 12.7. The standard InChI is InChI=1S/C17H12F3N3O2/c18-17(19,20)16(25)22-14(21)10-6-7-13-11(8-10)9-23(15(13)24)12-4-2-1-3-5-12/h1-8H,9H2,(H2,21,22,25). The van der Waals surface area contributed by atoms with E-state index in [0.717, 1.165) is 0 Å². The smallest absolute Gasteiger partial charge is 0.383 e. The first-order valence-corrected chi connectivity index (χ1v) is 7.23. The number of amides is 2. The highest BCUT2D eigenvalue weighted by Crippen LogP contribution is 2.28. The number of fused-ring (bicyclic) bond motifs is 1. The monoisotopic (exact) mass is 347 g/mol. The zero-order valence-electron chi connectivity index (χ0n) is 12.7. The number of nitrogens with zero attached hydrogens (tertiary/aromatic N) is 2. The summed E-state index contributed by atoms with van der Waals surface area (Å²) in [5.74, 6) is -3.03. The molecule has 1 aliphatic rings. The summed E-state index contributed by atoms with van der Waals surface area (Å²) in [5, 5.41) is 0. The lowest BCUT2D eigenvalue weighted by Crippen LogP contribution is -2.25. The van der Waals surface area contributed by atoms with Crippen molar-refractivity contribution in [3.05, 3.63) is 65.2 Å². The predicted octanol–water partition coefficient (Wildman–Crippen LogP) is 2.64. The normalized spacial score (nSPS) is 14.6. The number of hydrogen-bond donors (Lipinski definition) is 1. The number of alkyl halides is 3. The number of halogens is 3. The molecule has 2 aromatic rings. The van der Waals surface area contributed by atoms with Crippen molar-refractivity contribution >= 4 is 23.3 Å². The van der Waals surface area contributed by atoms with Crippen LogP contribution in [0.4, 0.5) is 18.9 Å². The van der Waals surface area contributed by atoms with Crippen LogP contribution in [0.15, 0.2) is 53.5 Å². The lowest BCUT2D eigenvalue weighted by atomic mass is 10.1. The number of benzene rings is 2. The maximum Gasteiger partial charge on any atom is 0.473 e. The first-order valence-electron chi connectivity index (χ1n) is 7.23. The van der Waals surface area contributed by atoms with E-state index in [9.17, 15) is 22.8 Å². The van der Waals surface area contributed by atoms with Gasteiger partial charge in [-0.15, -0.1) is 0 Å². The van der Waals surface area contributed by atoms with Crippen molar-refractivity contribution in [2.75, 3.05) is 4.90 Å². The molecule has 0 fully saturated rings. The molecule has 2 N–H and O–H groups in total. The van der Waals surface area contributed by atoms with Crippen LogP contribution in [0, 0.1) is 0 Å². The van der Waals surface area contributed by atoms with Gasteiger partial charge in [0.25, 0.3) is 5.91 Å². The molecule has 0 aliphatic carbocycles. The molecule has 0 saturated carbocycles. The Hall–Kier alpha value is -3.16. The fraction of sp³-hybridized carbons (Fsp3) is 0.118. The van der Waals surface area contributed by atoms with Crippen molar-refractivity contribution in [3.8, 4) is 0 Å².